The second-order valence-electron chi connectivity index (χ2n) is 5.11. The van der Waals surface area contributed by atoms with E-state index in [0.29, 0.717) is 5.69 Å². The molecule has 0 aliphatic carbocycles. The van der Waals surface area contributed by atoms with E-state index in [4.69, 9.17) is 4.74 Å². The van der Waals surface area contributed by atoms with Crippen molar-refractivity contribution in [2.45, 2.75) is 19.8 Å². The topological polar surface area (TPSA) is 50.4 Å². The SMILES string of the molecule is COc1cc(NC(=O)C2(C)CCNCC2)ccc1F. The van der Waals surface area contributed by atoms with Crippen LogP contribution in [0.2, 0.25) is 0 Å². The number of piperidine rings is 1. The van der Waals surface area contributed by atoms with Gasteiger partial charge in [0.05, 0.1) is 7.11 Å². The molecule has 1 aliphatic rings. The summed E-state index contributed by atoms with van der Waals surface area (Å²) in [5.41, 5.74) is 0.190. The highest BCUT2D eigenvalue weighted by molar-refractivity contribution is 5.95. The van der Waals surface area contributed by atoms with Gasteiger partial charge in [-0.2, -0.15) is 0 Å². The Labute approximate surface area is 112 Å². The Bertz CT molecular complexity index is 471. The number of benzene rings is 1. The molecule has 0 atom stereocenters. The zero-order chi connectivity index (χ0) is 13.9. The van der Waals surface area contributed by atoms with Gasteiger partial charge in [-0.3, -0.25) is 4.79 Å². The smallest absolute Gasteiger partial charge is 0.230 e. The van der Waals surface area contributed by atoms with Gasteiger partial charge in [-0.15, -0.1) is 0 Å². The first kappa shape index (κ1) is 13.8. The average molecular weight is 266 g/mol. The number of nitrogens with one attached hydrogen (secondary N) is 2. The van der Waals surface area contributed by atoms with Gasteiger partial charge in [0.15, 0.2) is 11.6 Å². The van der Waals surface area contributed by atoms with Crippen LogP contribution in [0, 0.1) is 11.2 Å². The summed E-state index contributed by atoms with van der Waals surface area (Å²) in [5, 5.41) is 6.08. The van der Waals surface area contributed by atoms with Crippen molar-refractivity contribution in [2.24, 2.45) is 5.41 Å². The Morgan fingerprint density at radius 2 is 2.11 bits per heavy atom. The highest BCUT2D eigenvalue weighted by Crippen LogP contribution is 2.30. The van der Waals surface area contributed by atoms with Crippen LogP contribution in [-0.2, 0) is 4.79 Å². The predicted molar refractivity (Wildman–Crippen MR) is 71.8 cm³/mol. The molecule has 1 saturated heterocycles. The lowest BCUT2D eigenvalue weighted by Crippen LogP contribution is -2.42. The third-order valence-corrected chi connectivity index (χ3v) is 3.66. The second-order valence-corrected chi connectivity index (χ2v) is 5.11. The van der Waals surface area contributed by atoms with E-state index < -0.39 is 5.82 Å². The first-order valence-electron chi connectivity index (χ1n) is 6.41. The molecular formula is C14H19FN2O2. The molecule has 1 fully saturated rings. The number of hydrogen-bond acceptors (Lipinski definition) is 3. The first-order chi connectivity index (χ1) is 9.05. The predicted octanol–water partition coefficient (Wildman–Crippen LogP) is 2.16. The average Bonchev–Trinajstić information content (AvgIpc) is 2.41. The number of carbonyl (C=O) groups excluding carboxylic acids is 1. The van der Waals surface area contributed by atoms with Crippen molar-refractivity contribution in [3.63, 3.8) is 0 Å². The molecule has 104 valence electrons. The summed E-state index contributed by atoms with van der Waals surface area (Å²) in [6.45, 7) is 3.65. The van der Waals surface area contributed by atoms with E-state index in [1.54, 1.807) is 6.07 Å². The van der Waals surface area contributed by atoms with Crippen LogP contribution in [0.15, 0.2) is 18.2 Å². The highest BCUT2D eigenvalue weighted by atomic mass is 19.1. The number of hydrogen-bond donors (Lipinski definition) is 2. The Hall–Kier alpha value is -1.62. The summed E-state index contributed by atoms with van der Waals surface area (Å²) >= 11 is 0. The number of methoxy groups -OCH3 is 1. The summed E-state index contributed by atoms with van der Waals surface area (Å²) < 4.78 is 18.2. The molecule has 0 aromatic heterocycles. The van der Waals surface area contributed by atoms with E-state index in [2.05, 4.69) is 10.6 Å². The summed E-state index contributed by atoms with van der Waals surface area (Å²) in [7, 11) is 1.40. The number of anilines is 1. The molecule has 1 aromatic carbocycles. The van der Waals surface area contributed by atoms with Crippen molar-refractivity contribution in [1.82, 2.24) is 5.32 Å². The lowest BCUT2D eigenvalue weighted by Gasteiger charge is -2.32. The van der Waals surface area contributed by atoms with Crippen LogP contribution >= 0.6 is 0 Å². The molecule has 0 radical (unpaired) electrons. The maximum absolute atomic E-state index is 13.3. The fourth-order valence-corrected chi connectivity index (χ4v) is 2.23. The number of carbonyl (C=O) groups is 1. The maximum Gasteiger partial charge on any atom is 0.230 e. The highest BCUT2D eigenvalue weighted by Gasteiger charge is 2.34. The van der Waals surface area contributed by atoms with Gasteiger partial charge in [-0.05, 0) is 38.1 Å². The van der Waals surface area contributed by atoms with E-state index in [1.165, 1.54) is 19.2 Å². The van der Waals surface area contributed by atoms with E-state index in [-0.39, 0.29) is 17.1 Å². The van der Waals surface area contributed by atoms with Crippen molar-refractivity contribution in [3.05, 3.63) is 24.0 Å². The molecule has 2 rings (SSSR count). The van der Waals surface area contributed by atoms with Crippen LogP contribution in [0.3, 0.4) is 0 Å². The van der Waals surface area contributed by atoms with Crippen LogP contribution in [0.25, 0.3) is 0 Å². The number of rotatable bonds is 3. The minimum Gasteiger partial charge on any atom is -0.494 e. The quantitative estimate of drug-likeness (QED) is 0.881. The van der Waals surface area contributed by atoms with Crippen molar-refractivity contribution in [2.75, 3.05) is 25.5 Å². The van der Waals surface area contributed by atoms with Crippen molar-refractivity contribution >= 4 is 11.6 Å². The van der Waals surface area contributed by atoms with Gasteiger partial charge < -0.3 is 15.4 Å². The Morgan fingerprint density at radius 3 is 2.74 bits per heavy atom. The largest absolute Gasteiger partial charge is 0.494 e. The third-order valence-electron chi connectivity index (χ3n) is 3.66. The molecule has 4 nitrogen and oxygen atoms in total. The minimum absolute atomic E-state index is 0.0253. The van der Waals surface area contributed by atoms with Crippen molar-refractivity contribution in [1.29, 1.82) is 0 Å². The molecule has 2 N–H and O–H groups in total. The fraction of sp³-hybridized carbons (Fsp3) is 0.500. The van der Waals surface area contributed by atoms with Crippen LogP contribution in [0.4, 0.5) is 10.1 Å². The normalized spacial score (nSPS) is 17.8. The van der Waals surface area contributed by atoms with Gasteiger partial charge in [0.25, 0.3) is 0 Å². The van der Waals surface area contributed by atoms with Crippen LogP contribution in [0.1, 0.15) is 19.8 Å². The van der Waals surface area contributed by atoms with Crippen LogP contribution < -0.4 is 15.4 Å². The van der Waals surface area contributed by atoms with Gasteiger partial charge in [0, 0.05) is 17.2 Å². The van der Waals surface area contributed by atoms with E-state index in [0.717, 1.165) is 25.9 Å². The minimum atomic E-state index is -0.437. The third kappa shape index (κ3) is 3.04. The molecule has 0 unspecified atom stereocenters. The molecule has 0 saturated carbocycles. The van der Waals surface area contributed by atoms with E-state index in [1.807, 2.05) is 6.92 Å². The van der Waals surface area contributed by atoms with Gasteiger partial charge in [0.1, 0.15) is 0 Å². The molecule has 1 heterocycles. The van der Waals surface area contributed by atoms with Gasteiger partial charge >= 0.3 is 0 Å². The van der Waals surface area contributed by atoms with Crippen LogP contribution in [-0.4, -0.2) is 26.1 Å². The van der Waals surface area contributed by atoms with E-state index >= 15 is 0 Å². The zero-order valence-corrected chi connectivity index (χ0v) is 11.3. The molecular weight excluding hydrogens is 247 g/mol. The van der Waals surface area contributed by atoms with Crippen molar-refractivity contribution < 1.29 is 13.9 Å². The lowest BCUT2D eigenvalue weighted by molar-refractivity contribution is -0.126. The number of amides is 1. The molecule has 19 heavy (non-hydrogen) atoms. The molecule has 1 aromatic rings. The summed E-state index contributed by atoms with van der Waals surface area (Å²) in [6, 6.07) is 4.33. The zero-order valence-electron chi connectivity index (χ0n) is 11.3. The summed E-state index contributed by atoms with van der Waals surface area (Å²) in [4.78, 5) is 12.3. The fourth-order valence-electron chi connectivity index (χ4n) is 2.23. The molecule has 1 aliphatic heterocycles. The Kier molecular flexibility index (Phi) is 4.04. The molecule has 1 amide bonds. The second kappa shape index (κ2) is 5.57. The Balaban J connectivity index is 2.10. The van der Waals surface area contributed by atoms with Crippen LogP contribution in [0.5, 0.6) is 5.75 Å². The summed E-state index contributed by atoms with van der Waals surface area (Å²) in [5.74, 6) is -0.329. The van der Waals surface area contributed by atoms with Gasteiger partial charge in [0.2, 0.25) is 5.91 Å². The standard InChI is InChI=1S/C14H19FN2O2/c1-14(5-7-16-8-6-14)13(18)17-10-3-4-11(15)12(9-10)19-2/h3-4,9,16H,5-8H2,1-2H3,(H,17,18). The molecule has 0 bridgehead atoms. The Morgan fingerprint density at radius 1 is 1.42 bits per heavy atom. The first-order valence-corrected chi connectivity index (χ1v) is 6.41. The summed E-state index contributed by atoms with van der Waals surface area (Å²) in [6.07, 6.45) is 1.61. The monoisotopic (exact) mass is 266 g/mol. The number of ether oxygens (including phenoxy) is 1. The van der Waals surface area contributed by atoms with Gasteiger partial charge in [-0.25, -0.2) is 4.39 Å². The van der Waals surface area contributed by atoms with Gasteiger partial charge in [-0.1, -0.05) is 6.92 Å². The van der Waals surface area contributed by atoms with E-state index in [9.17, 15) is 9.18 Å². The molecule has 0 spiro atoms. The van der Waals surface area contributed by atoms with Crippen molar-refractivity contribution in [3.8, 4) is 5.75 Å². The number of halogens is 1. The lowest BCUT2D eigenvalue weighted by atomic mass is 9.80. The molecule has 5 heteroatoms. The maximum atomic E-state index is 13.3.